The van der Waals surface area contributed by atoms with E-state index in [2.05, 4.69) is 19.1 Å². The van der Waals surface area contributed by atoms with E-state index in [4.69, 9.17) is 0 Å². The van der Waals surface area contributed by atoms with Crippen molar-refractivity contribution in [2.75, 3.05) is 13.1 Å². The van der Waals surface area contributed by atoms with Gasteiger partial charge in [-0.3, -0.25) is 14.4 Å². The molecule has 10 nitrogen and oxygen atoms in total. The second kappa shape index (κ2) is 22.7. The van der Waals surface area contributed by atoms with Crippen LogP contribution < -0.4 is 5.11 Å². The number of ketones is 2. The molecule has 0 bridgehead atoms. The Morgan fingerprint density at radius 2 is 1.27 bits per heavy atom. The quantitative estimate of drug-likeness (QED) is 0.104. The van der Waals surface area contributed by atoms with Gasteiger partial charge in [0.2, 0.25) is 5.78 Å². The minimum absolute atomic E-state index is 0.111. The Morgan fingerprint density at radius 1 is 0.727 bits per heavy atom. The number of nitrogens with zero attached hydrogens (tertiary/aromatic N) is 2. The molecule has 0 aromatic heterocycles. The molecule has 6 rings (SSSR count). The third kappa shape index (κ3) is 11.2. The molecule has 2 amide bonds. The molecule has 66 heavy (non-hydrogen) atoms. The van der Waals surface area contributed by atoms with Gasteiger partial charge in [0.05, 0.1) is 12.6 Å². The smallest absolute Gasteiger partial charge is 0.383 e. The molecule has 4 unspecified atom stereocenters. The van der Waals surface area contributed by atoms with Gasteiger partial charge >= 0.3 is 11.9 Å². The molecule has 0 radical (unpaired) electrons. The number of quaternary nitrogens is 1. The van der Waals surface area contributed by atoms with E-state index in [-0.39, 0.29) is 28.9 Å². The molecule has 358 valence electrons. The van der Waals surface area contributed by atoms with E-state index in [1.54, 1.807) is 27.7 Å². The first kappa shape index (κ1) is 52.0. The number of carbonyl (C=O) groups is 6. The molecule has 2 heterocycles. The molecule has 3 aromatic carbocycles. The highest BCUT2D eigenvalue weighted by Crippen LogP contribution is 2.46. The van der Waals surface area contributed by atoms with Gasteiger partial charge in [0, 0.05) is 29.2 Å². The first-order valence-electron chi connectivity index (χ1n) is 24.8. The van der Waals surface area contributed by atoms with E-state index in [9.17, 15) is 39.0 Å². The van der Waals surface area contributed by atoms with E-state index in [0.717, 1.165) is 56.1 Å². The summed E-state index contributed by atoms with van der Waals surface area (Å²) in [5.41, 5.74) is 0.104. The highest BCUT2D eigenvalue weighted by atomic mass is 16.4. The number of piperidine rings is 2. The summed E-state index contributed by atoms with van der Waals surface area (Å²) in [6.45, 7) is 13.7. The van der Waals surface area contributed by atoms with Crippen LogP contribution in [0.25, 0.3) is 0 Å². The topological polar surface area (TPSA) is 149 Å². The first-order valence-corrected chi connectivity index (χ1v) is 24.8. The summed E-state index contributed by atoms with van der Waals surface area (Å²) in [6.07, 6.45) is 10.9. The number of carboxylic acids is 2. The highest BCUT2D eigenvalue weighted by molar-refractivity contribution is 6.38. The Bertz CT molecular complexity index is 2110. The number of carbonyl (C=O) groups excluding carboxylic acids is 5. The second-order valence-electron chi connectivity index (χ2n) is 20.7. The molecule has 6 atom stereocenters. The number of likely N-dealkylation sites (tertiary alicyclic amines) is 2. The lowest BCUT2D eigenvalue weighted by atomic mass is 9.69. The third-order valence-electron chi connectivity index (χ3n) is 15.9. The van der Waals surface area contributed by atoms with Crippen molar-refractivity contribution in [3.8, 4) is 0 Å². The number of hydrogen-bond acceptors (Lipinski definition) is 7. The van der Waals surface area contributed by atoms with Gasteiger partial charge in [0.15, 0.2) is 0 Å². The van der Waals surface area contributed by atoms with Crippen LogP contribution in [0.4, 0.5) is 0 Å². The van der Waals surface area contributed by atoms with Crippen molar-refractivity contribution in [3.05, 3.63) is 108 Å². The molecule has 0 spiro atoms. The zero-order chi connectivity index (χ0) is 48.3. The Kier molecular flexibility index (Phi) is 17.9. The molecule has 3 fully saturated rings. The van der Waals surface area contributed by atoms with E-state index in [1.165, 1.54) is 10.5 Å². The third-order valence-corrected chi connectivity index (χ3v) is 15.9. The normalized spacial score (nSPS) is 23.7. The van der Waals surface area contributed by atoms with Crippen molar-refractivity contribution in [1.82, 2.24) is 4.90 Å². The van der Waals surface area contributed by atoms with E-state index in [1.807, 2.05) is 92.7 Å². The van der Waals surface area contributed by atoms with Crippen LogP contribution in [0.1, 0.15) is 167 Å². The fourth-order valence-corrected chi connectivity index (χ4v) is 11.2. The van der Waals surface area contributed by atoms with Gasteiger partial charge in [-0.05, 0) is 112 Å². The number of aliphatic carboxylic acids is 2. The maximum absolute atomic E-state index is 14.1. The fourth-order valence-electron chi connectivity index (χ4n) is 11.2. The molecule has 1 N–H and O–H groups in total. The van der Waals surface area contributed by atoms with Crippen molar-refractivity contribution in [1.29, 1.82) is 0 Å². The van der Waals surface area contributed by atoms with Crippen molar-refractivity contribution < 1.29 is 43.5 Å². The number of carboxylic acid groups (broad SMARTS) is 2. The van der Waals surface area contributed by atoms with Crippen molar-refractivity contribution in [2.45, 2.75) is 174 Å². The van der Waals surface area contributed by atoms with Crippen LogP contribution in [0, 0.1) is 16.7 Å². The van der Waals surface area contributed by atoms with Crippen molar-refractivity contribution >= 4 is 35.3 Å². The summed E-state index contributed by atoms with van der Waals surface area (Å²) < 4.78 is -0.212. The standard InChI is InChI=1S/C28H41NO4.C28H35NO4/c1-5-28(3,4)25(30)26(31)29(23-16-10-7-11-17-23)18-12-15-22(24(29)27(32)33)19-20(2)21-13-8-6-9-14-21;1-4-27(2,3)24(30)25(31)29-20-12-11-19-28(29,26(32)33)23(22-15-9-6-10-16-22)18-17-21-13-7-5-8-14-21/h6,8-9,13-14,20,22-24H,5,7,10-12,15-19H2,1-4H3;5-10,13-16,23H,4,11-12,17-20H2,1-3H3,(H,32,33)/t20?,22?,24-,29-;/m0./s1. The molecular weight excluding hydrogens is 829 g/mol. The fraction of sp³-hybridized carbons (Fsp3) is 0.571. The maximum atomic E-state index is 14.1. The van der Waals surface area contributed by atoms with Crippen LogP contribution in [-0.2, 0) is 35.2 Å². The van der Waals surface area contributed by atoms with E-state index in [0.29, 0.717) is 57.9 Å². The van der Waals surface area contributed by atoms with Gasteiger partial charge in [0.1, 0.15) is 17.6 Å². The lowest BCUT2D eigenvalue weighted by Crippen LogP contribution is -2.75. The van der Waals surface area contributed by atoms with Crippen LogP contribution in [-0.4, -0.2) is 80.5 Å². The average molecular weight is 905 g/mol. The largest absolute Gasteiger partial charge is 0.544 e. The summed E-state index contributed by atoms with van der Waals surface area (Å²) >= 11 is 0. The van der Waals surface area contributed by atoms with Gasteiger partial charge in [0.25, 0.3) is 11.7 Å². The van der Waals surface area contributed by atoms with Gasteiger partial charge in [-0.25, -0.2) is 14.1 Å². The Hall–Kier alpha value is -4.96. The SMILES string of the molecule is CCC(C)(C)C(=O)C(=O)N1CCCCC1(C(=O)O)C(CCc1ccccc1)c1ccccc1.CCC(C)(C)C(=O)C(=O)[N@+]1(C2CCCCC2)CCCC(CC(C)c2ccccc2)[C@H]1C(=O)[O-]. The van der Waals surface area contributed by atoms with Crippen LogP contribution >= 0.6 is 0 Å². The summed E-state index contributed by atoms with van der Waals surface area (Å²) in [5, 5.41) is 23.5. The summed E-state index contributed by atoms with van der Waals surface area (Å²) in [5.74, 6) is -4.72. The molecule has 1 aliphatic carbocycles. The summed E-state index contributed by atoms with van der Waals surface area (Å²) in [6, 6.07) is 28.6. The number of aryl methyl sites for hydroxylation is 1. The number of benzene rings is 3. The predicted molar refractivity (Wildman–Crippen MR) is 256 cm³/mol. The highest BCUT2D eigenvalue weighted by Gasteiger charge is 2.59. The lowest BCUT2D eigenvalue weighted by molar-refractivity contribution is -0.905. The molecular formula is C56H76N2O8. The van der Waals surface area contributed by atoms with E-state index >= 15 is 0 Å². The predicted octanol–water partition coefficient (Wildman–Crippen LogP) is 9.63. The van der Waals surface area contributed by atoms with Crippen LogP contribution in [0.5, 0.6) is 0 Å². The molecule has 3 aromatic rings. The second-order valence-corrected chi connectivity index (χ2v) is 20.7. The van der Waals surface area contributed by atoms with Crippen molar-refractivity contribution in [3.63, 3.8) is 0 Å². The molecule has 1 saturated carbocycles. The molecule has 10 heteroatoms. The number of amides is 2. The Morgan fingerprint density at radius 3 is 1.82 bits per heavy atom. The average Bonchev–Trinajstić information content (AvgIpc) is 3.34. The maximum Gasteiger partial charge on any atom is 0.383 e. The van der Waals surface area contributed by atoms with Crippen LogP contribution in [0.3, 0.4) is 0 Å². The Labute approximate surface area is 394 Å². The summed E-state index contributed by atoms with van der Waals surface area (Å²) in [4.78, 5) is 81.5. The molecule has 2 saturated heterocycles. The number of hydrogen-bond donors (Lipinski definition) is 1. The van der Waals surface area contributed by atoms with Crippen molar-refractivity contribution in [2.24, 2.45) is 16.7 Å². The first-order chi connectivity index (χ1) is 31.4. The van der Waals surface area contributed by atoms with Crippen LogP contribution in [0.15, 0.2) is 91.0 Å². The lowest BCUT2D eigenvalue weighted by Gasteiger charge is -2.54. The minimum atomic E-state index is -1.45. The summed E-state index contributed by atoms with van der Waals surface area (Å²) in [7, 11) is 0. The molecule has 3 aliphatic rings. The van der Waals surface area contributed by atoms with Gasteiger partial charge in [-0.2, -0.15) is 0 Å². The zero-order valence-corrected chi connectivity index (χ0v) is 40.8. The number of Topliss-reactive ketones (excluding diaryl/α,β-unsaturated/α-hetero) is 2. The molecule has 2 aliphatic heterocycles. The number of rotatable bonds is 17. The van der Waals surface area contributed by atoms with Crippen LogP contribution in [0.2, 0.25) is 0 Å². The van der Waals surface area contributed by atoms with E-state index < -0.39 is 63.6 Å². The monoisotopic (exact) mass is 905 g/mol. The minimum Gasteiger partial charge on any atom is -0.544 e. The van der Waals surface area contributed by atoms with Gasteiger partial charge in [-0.15, -0.1) is 0 Å². The zero-order valence-electron chi connectivity index (χ0n) is 40.8. The van der Waals surface area contributed by atoms with Gasteiger partial charge < -0.3 is 19.9 Å². The van der Waals surface area contributed by atoms with Gasteiger partial charge in [-0.1, -0.05) is 146 Å². The Balaban J connectivity index is 0.000000247.